The highest BCUT2D eigenvalue weighted by Crippen LogP contribution is 2.19. The number of thiocarbonyl (C=S) groups is 2. The number of hydrogen-bond acceptors (Lipinski definition) is 2. The third-order valence-electron chi connectivity index (χ3n) is 2.62. The second-order valence-electron chi connectivity index (χ2n) is 4.23. The predicted octanol–water partition coefficient (Wildman–Crippen LogP) is 5.46. The van der Waals surface area contributed by atoms with E-state index in [0.717, 1.165) is 18.5 Å². The Hall–Kier alpha value is -0.320. The van der Waals surface area contributed by atoms with E-state index >= 15 is 0 Å². The first-order chi connectivity index (χ1) is 10.1. The molecule has 2 aromatic rings. The van der Waals surface area contributed by atoms with Crippen LogP contribution in [-0.4, -0.2) is 9.98 Å². The Morgan fingerprint density at radius 1 is 0.762 bits per heavy atom. The molecule has 6 heteroatoms. The van der Waals surface area contributed by atoms with Crippen LogP contribution in [0.4, 0.5) is 11.4 Å². The van der Waals surface area contributed by atoms with Crippen LogP contribution >= 0.6 is 69.6 Å². The summed E-state index contributed by atoms with van der Waals surface area (Å²) >= 11 is 15.3. The van der Waals surface area contributed by atoms with Gasteiger partial charge < -0.3 is 10.6 Å². The molecule has 0 fully saturated rings. The molecule has 108 valence electrons. The van der Waals surface area contributed by atoms with E-state index in [4.69, 9.17) is 24.4 Å². The number of para-hydroxylation sites is 2. The average Bonchev–Trinajstić information content (AvgIpc) is 2.44. The summed E-state index contributed by atoms with van der Waals surface area (Å²) in [4.78, 5) is 1.42. The van der Waals surface area contributed by atoms with E-state index < -0.39 is 0 Å². The molecule has 0 aromatic heterocycles. The molecule has 21 heavy (non-hydrogen) atoms. The summed E-state index contributed by atoms with van der Waals surface area (Å²) in [5.41, 5.74) is 2.03. The standard InChI is InChI=1S/C15H12I2N2S2/c16-10-5-1-3-7-12(10)18-14(20)9-15(21)19-13-8-4-2-6-11(13)17/h1-8H,9H2,(H,18,20)(H,19,21). The van der Waals surface area contributed by atoms with E-state index in [0.29, 0.717) is 16.4 Å². The molecule has 0 saturated heterocycles. The van der Waals surface area contributed by atoms with E-state index in [-0.39, 0.29) is 0 Å². The fourth-order valence-electron chi connectivity index (χ4n) is 1.66. The molecule has 0 amide bonds. The number of hydrogen-bond donors (Lipinski definition) is 2. The molecule has 2 nitrogen and oxygen atoms in total. The third kappa shape index (κ3) is 5.42. The summed E-state index contributed by atoms with van der Waals surface area (Å²) in [6.45, 7) is 0. The zero-order valence-electron chi connectivity index (χ0n) is 10.9. The minimum absolute atomic E-state index is 0.528. The zero-order chi connectivity index (χ0) is 15.2. The van der Waals surface area contributed by atoms with E-state index in [9.17, 15) is 0 Å². The maximum Gasteiger partial charge on any atom is 0.0865 e. The van der Waals surface area contributed by atoms with Crippen molar-refractivity contribution >= 4 is 91.0 Å². The largest absolute Gasteiger partial charge is 0.349 e. The molecule has 2 rings (SSSR count). The summed E-state index contributed by atoms with van der Waals surface area (Å²) in [6.07, 6.45) is 0.528. The molecule has 0 aliphatic rings. The molecule has 2 aromatic carbocycles. The van der Waals surface area contributed by atoms with Crippen molar-refractivity contribution in [2.45, 2.75) is 6.42 Å². The lowest BCUT2D eigenvalue weighted by Crippen LogP contribution is -2.19. The van der Waals surface area contributed by atoms with Crippen molar-refractivity contribution in [3.8, 4) is 0 Å². The fraction of sp³-hybridized carbons (Fsp3) is 0.0667. The van der Waals surface area contributed by atoms with Gasteiger partial charge in [-0.1, -0.05) is 48.7 Å². The van der Waals surface area contributed by atoms with Crippen LogP contribution in [-0.2, 0) is 0 Å². The number of halogens is 2. The van der Waals surface area contributed by atoms with Crippen molar-refractivity contribution in [3.63, 3.8) is 0 Å². The van der Waals surface area contributed by atoms with Gasteiger partial charge in [-0.05, 0) is 69.4 Å². The lowest BCUT2D eigenvalue weighted by molar-refractivity contribution is 1.51. The minimum Gasteiger partial charge on any atom is -0.349 e. The number of rotatable bonds is 4. The van der Waals surface area contributed by atoms with Crippen molar-refractivity contribution < 1.29 is 0 Å². The molecule has 0 heterocycles. The lowest BCUT2D eigenvalue weighted by Gasteiger charge is -2.12. The number of benzene rings is 2. The van der Waals surface area contributed by atoms with Crippen molar-refractivity contribution in [1.82, 2.24) is 0 Å². The van der Waals surface area contributed by atoms with Crippen molar-refractivity contribution in [2.75, 3.05) is 10.6 Å². The van der Waals surface area contributed by atoms with Gasteiger partial charge in [0.05, 0.1) is 21.4 Å². The highest BCUT2D eigenvalue weighted by Gasteiger charge is 2.06. The Morgan fingerprint density at radius 3 is 1.52 bits per heavy atom. The predicted molar refractivity (Wildman–Crippen MR) is 115 cm³/mol. The van der Waals surface area contributed by atoms with Crippen molar-refractivity contribution in [3.05, 3.63) is 55.7 Å². The molecule has 0 aliphatic carbocycles. The summed E-state index contributed by atoms with van der Waals surface area (Å²) in [7, 11) is 0. The summed E-state index contributed by atoms with van der Waals surface area (Å²) < 4.78 is 2.27. The van der Waals surface area contributed by atoms with Crippen molar-refractivity contribution in [2.24, 2.45) is 0 Å². The highest BCUT2D eigenvalue weighted by atomic mass is 127. The first kappa shape index (κ1) is 17.0. The minimum atomic E-state index is 0.528. The lowest BCUT2D eigenvalue weighted by atomic mass is 10.3. The van der Waals surface area contributed by atoms with Gasteiger partial charge in [-0.3, -0.25) is 0 Å². The number of anilines is 2. The molecular weight excluding hydrogens is 526 g/mol. The molecule has 0 aliphatic heterocycles. The van der Waals surface area contributed by atoms with Gasteiger partial charge in [-0.15, -0.1) is 0 Å². The normalized spacial score (nSPS) is 10.0. The first-order valence-electron chi connectivity index (χ1n) is 6.15. The summed E-state index contributed by atoms with van der Waals surface area (Å²) in [6, 6.07) is 16.0. The van der Waals surface area contributed by atoms with Crippen molar-refractivity contribution in [1.29, 1.82) is 0 Å². The van der Waals surface area contributed by atoms with Gasteiger partial charge in [0, 0.05) is 13.6 Å². The Kier molecular flexibility index (Phi) is 6.77. The van der Waals surface area contributed by atoms with Gasteiger partial charge in [0.15, 0.2) is 0 Å². The van der Waals surface area contributed by atoms with E-state index in [1.54, 1.807) is 0 Å². The fourth-order valence-corrected chi connectivity index (χ4v) is 3.30. The quantitative estimate of drug-likeness (QED) is 0.399. The van der Waals surface area contributed by atoms with Gasteiger partial charge in [0.1, 0.15) is 0 Å². The summed E-state index contributed by atoms with van der Waals surface area (Å²) in [5, 5.41) is 6.47. The highest BCUT2D eigenvalue weighted by molar-refractivity contribution is 14.1. The topological polar surface area (TPSA) is 24.1 Å². The molecule has 0 saturated carbocycles. The van der Waals surface area contributed by atoms with E-state index in [2.05, 4.69) is 55.8 Å². The maximum atomic E-state index is 5.38. The molecular formula is C15H12I2N2S2. The van der Waals surface area contributed by atoms with Gasteiger partial charge in [-0.2, -0.15) is 0 Å². The average molecular weight is 538 g/mol. The van der Waals surface area contributed by atoms with Gasteiger partial charge in [0.25, 0.3) is 0 Å². The SMILES string of the molecule is S=C(CC(=S)Nc1ccccc1I)Nc1ccccc1I. The van der Waals surface area contributed by atoms with Crippen LogP contribution in [0.5, 0.6) is 0 Å². The Labute approximate surface area is 162 Å². The van der Waals surface area contributed by atoms with E-state index in [1.165, 1.54) is 0 Å². The second kappa shape index (κ2) is 8.35. The van der Waals surface area contributed by atoms with Crippen LogP contribution in [0, 0.1) is 7.14 Å². The molecule has 0 atom stereocenters. The Balaban J connectivity index is 1.93. The summed E-state index contributed by atoms with van der Waals surface area (Å²) in [5.74, 6) is 0. The van der Waals surface area contributed by atoms with Gasteiger partial charge >= 0.3 is 0 Å². The smallest absolute Gasteiger partial charge is 0.0865 e. The van der Waals surface area contributed by atoms with Gasteiger partial charge in [-0.25, -0.2) is 0 Å². The monoisotopic (exact) mass is 538 g/mol. The van der Waals surface area contributed by atoms with Gasteiger partial charge in [0.2, 0.25) is 0 Å². The van der Waals surface area contributed by atoms with Crippen LogP contribution in [0.25, 0.3) is 0 Å². The molecule has 0 radical (unpaired) electrons. The maximum absolute atomic E-state index is 5.38. The Morgan fingerprint density at radius 2 is 1.14 bits per heavy atom. The van der Waals surface area contributed by atoms with Crippen LogP contribution in [0.1, 0.15) is 6.42 Å². The number of nitrogens with one attached hydrogen (secondary N) is 2. The van der Waals surface area contributed by atoms with E-state index in [1.807, 2.05) is 48.5 Å². The second-order valence-corrected chi connectivity index (χ2v) is 7.54. The first-order valence-corrected chi connectivity index (χ1v) is 9.12. The molecule has 0 spiro atoms. The Bertz CT molecular complexity index is 617. The van der Waals surface area contributed by atoms with Crippen LogP contribution in [0.2, 0.25) is 0 Å². The molecule has 2 N–H and O–H groups in total. The molecule has 0 unspecified atom stereocenters. The van der Waals surface area contributed by atoms with Crippen LogP contribution in [0.15, 0.2) is 48.5 Å². The van der Waals surface area contributed by atoms with Crippen LogP contribution < -0.4 is 10.6 Å². The zero-order valence-corrected chi connectivity index (χ0v) is 16.8. The molecule has 0 bridgehead atoms. The van der Waals surface area contributed by atoms with Crippen LogP contribution in [0.3, 0.4) is 0 Å². The third-order valence-corrected chi connectivity index (χ3v) is 4.99.